The van der Waals surface area contributed by atoms with Gasteiger partial charge in [0.25, 0.3) is 0 Å². The third-order valence-corrected chi connectivity index (χ3v) is 6.00. The van der Waals surface area contributed by atoms with Crippen LogP contribution in [0.25, 0.3) is 0 Å². The molecular formula is C16H20N4O2S2. The molecule has 1 fully saturated rings. The first kappa shape index (κ1) is 17.2. The summed E-state index contributed by atoms with van der Waals surface area (Å²) in [5.41, 5.74) is 3.06. The summed E-state index contributed by atoms with van der Waals surface area (Å²) in [5.74, 6) is 1.61. The minimum absolute atomic E-state index is 0.0333. The maximum Gasteiger partial charge on any atom is 0.225 e. The lowest BCUT2D eigenvalue weighted by molar-refractivity contribution is -0.116. The fraction of sp³-hybridized carbons (Fsp3) is 0.500. The van der Waals surface area contributed by atoms with Gasteiger partial charge in [-0.1, -0.05) is 23.1 Å². The van der Waals surface area contributed by atoms with Crippen molar-refractivity contribution in [2.75, 3.05) is 12.0 Å². The molecule has 1 saturated carbocycles. The smallest absolute Gasteiger partial charge is 0.225 e. The summed E-state index contributed by atoms with van der Waals surface area (Å²) in [7, 11) is 1.68. The Kier molecular flexibility index (Phi) is 5.05. The predicted molar refractivity (Wildman–Crippen MR) is 95.9 cm³/mol. The van der Waals surface area contributed by atoms with Gasteiger partial charge in [0.1, 0.15) is 5.75 Å². The van der Waals surface area contributed by atoms with Gasteiger partial charge in [0, 0.05) is 36.0 Å². The molecule has 1 amide bonds. The summed E-state index contributed by atoms with van der Waals surface area (Å²) < 4.78 is 6.29. The first-order chi connectivity index (χ1) is 11.5. The number of pyridine rings is 1. The molecule has 1 aliphatic carbocycles. The molecule has 0 aromatic carbocycles. The highest BCUT2D eigenvalue weighted by Crippen LogP contribution is 2.37. The normalized spacial score (nSPS) is 13.8. The van der Waals surface area contributed by atoms with Gasteiger partial charge in [-0.15, -0.1) is 10.2 Å². The van der Waals surface area contributed by atoms with Crippen molar-refractivity contribution in [3.8, 4) is 5.75 Å². The second kappa shape index (κ2) is 7.06. The van der Waals surface area contributed by atoms with Gasteiger partial charge in [-0.2, -0.15) is 0 Å². The molecule has 0 atom stereocenters. The van der Waals surface area contributed by atoms with Crippen LogP contribution in [0.2, 0.25) is 0 Å². The number of methoxy groups -OCH3 is 1. The quantitative estimate of drug-likeness (QED) is 0.578. The van der Waals surface area contributed by atoms with Crippen LogP contribution in [0.4, 0.5) is 5.13 Å². The topological polar surface area (TPSA) is 68.2 Å². The second-order valence-corrected chi connectivity index (χ2v) is 7.98. The molecule has 8 heteroatoms. The number of hydrogen-bond acceptors (Lipinski definition) is 7. The highest BCUT2D eigenvalue weighted by atomic mass is 32.2. The summed E-state index contributed by atoms with van der Waals surface area (Å²) in [6.45, 7) is 5.59. The van der Waals surface area contributed by atoms with E-state index in [4.69, 9.17) is 4.74 Å². The Morgan fingerprint density at radius 2 is 2.17 bits per heavy atom. The number of carbonyl (C=O) groups excluding carboxylic acids is 1. The van der Waals surface area contributed by atoms with Crippen molar-refractivity contribution in [3.63, 3.8) is 0 Å². The predicted octanol–water partition coefficient (Wildman–Crippen LogP) is 3.37. The summed E-state index contributed by atoms with van der Waals surface area (Å²) in [6, 6.07) is 0.304. The van der Waals surface area contributed by atoms with E-state index < -0.39 is 0 Å². The van der Waals surface area contributed by atoms with Crippen LogP contribution in [0, 0.1) is 13.8 Å². The third kappa shape index (κ3) is 3.54. The van der Waals surface area contributed by atoms with Crippen molar-refractivity contribution in [3.05, 3.63) is 23.0 Å². The summed E-state index contributed by atoms with van der Waals surface area (Å²) >= 11 is 3.05. The molecule has 0 spiro atoms. The van der Waals surface area contributed by atoms with Gasteiger partial charge in [0.05, 0.1) is 12.8 Å². The van der Waals surface area contributed by atoms with Gasteiger partial charge in [-0.3, -0.25) is 14.7 Å². The minimum Gasteiger partial charge on any atom is -0.496 e. The fourth-order valence-electron chi connectivity index (χ4n) is 2.59. The van der Waals surface area contributed by atoms with Crippen LogP contribution >= 0.6 is 23.1 Å². The van der Waals surface area contributed by atoms with Gasteiger partial charge >= 0.3 is 0 Å². The minimum atomic E-state index is 0.0333. The van der Waals surface area contributed by atoms with Crippen LogP contribution in [0.1, 0.15) is 36.6 Å². The van der Waals surface area contributed by atoms with Crippen LogP contribution in [-0.2, 0) is 10.5 Å². The van der Waals surface area contributed by atoms with E-state index in [0.717, 1.165) is 39.8 Å². The van der Waals surface area contributed by atoms with E-state index in [9.17, 15) is 4.79 Å². The number of amides is 1. The van der Waals surface area contributed by atoms with Gasteiger partial charge in [-0.05, 0) is 26.7 Å². The van der Waals surface area contributed by atoms with Crippen molar-refractivity contribution < 1.29 is 9.53 Å². The molecule has 2 heterocycles. The molecule has 0 aliphatic heterocycles. The molecule has 0 N–H and O–H groups in total. The molecular weight excluding hydrogens is 344 g/mol. The van der Waals surface area contributed by atoms with Crippen molar-refractivity contribution in [1.82, 2.24) is 15.2 Å². The zero-order valence-electron chi connectivity index (χ0n) is 14.2. The number of aromatic nitrogens is 3. The Bertz CT molecular complexity index is 759. The van der Waals surface area contributed by atoms with Gasteiger partial charge < -0.3 is 4.74 Å². The Morgan fingerprint density at radius 1 is 1.42 bits per heavy atom. The summed E-state index contributed by atoms with van der Waals surface area (Å²) in [4.78, 5) is 18.1. The lowest BCUT2D eigenvalue weighted by Crippen LogP contribution is -2.30. The fourth-order valence-corrected chi connectivity index (χ4v) is 4.57. The average Bonchev–Trinajstić information content (AvgIpc) is 3.25. The zero-order chi connectivity index (χ0) is 17.3. The molecule has 0 saturated heterocycles. The molecule has 2 aromatic heterocycles. The number of carbonyl (C=O) groups is 1. The lowest BCUT2D eigenvalue weighted by atomic mass is 10.1. The molecule has 0 unspecified atom stereocenters. The van der Waals surface area contributed by atoms with E-state index in [2.05, 4.69) is 15.2 Å². The van der Waals surface area contributed by atoms with E-state index in [1.807, 2.05) is 20.0 Å². The molecule has 0 bridgehead atoms. The maximum atomic E-state index is 11.8. The van der Waals surface area contributed by atoms with Crippen LogP contribution in [0.5, 0.6) is 5.75 Å². The lowest BCUT2D eigenvalue weighted by Gasteiger charge is -2.15. The van der Waals surface area contributed by atoms with Crippen LogP contribution in [0.15, 0.2) is 10.5 Å². The van der Waals surface area contributed by atoms with E-state index in [0.29, 0.717) is 16.9 Å². The molecule has 6 nitrogen and oxygen atoms in total. The maximum absolute atomic E-state index is 11.8. The van der Waals surface area contributed by atoms with Crippen molar-refractivity contribution in [1.29, 1.82) is 0 Å². The molecule has 1 aliphatic rings. The Balaban J connectivity index is 1.71. The molecule has 3 rings (SSSR count). The average molecular weight is 364 g/mol. The number of thioether (sulfide) groups is 1. The molecule has 2 aromatic rings. The SMILES string of the molecule is COc1c(C)cnc(CSc2nnc(N(C(C)=O)C3CC3)s2)c1C. The van der Waals surface area contributed by atoms with E-state index in [1.54, 1.807) is 30.7 Å². The van der Waals surface area contributed by atoms with Crippen LogP contribution in [-0.4, -0.2) is 34.2 Å². The van der Waals surface area contributed by atoms with E-state index in [-0.39, 0.29) is 5.91 Å². The van der Waals surface area contributed by atoms with Gasteiger partial charge in [0.15, 0.2) is 4.34 Å². The number of rotatable bonds is 6. The zero-order valence-corrected chi connectivity index (χ0v) is 15.8. The molecule has 24 heavy (non-hydrogen) atoms. The third-order valence-electron chi connectivity index (χ3n) is 3.94. The van der Waals surface area contributed by atoms with Crippen molar-refractivity contribution >= 4 is 34.1 Å². The number of anilines is 1. The Labute approximate surface area is 149 Å². The number of hydrogen-bond donors (Lipinski definition) is 0. The van der Waals surface area contributed by atoms with Crippen LogP contribution < -0.4 is 9.64 Å². The number of ether oxygens (including phenoxy) is 1. The van der Waals surface area contributed by atoms with Crippen molar-refractivity contribution in [2.24, 2.45) is 0 Å². The van der Waals surface area contributed by atoms with E-state index >= 15 is 0 Å². The van der Waals surface area contributed by atoms with Crippen molar-refractivity contribution in [2.45, 2.75) is 49.7 Å². The number of aryl methyl sites for hydroxylation is 1. The summed E-state index contributed by atoms with van der Waals surface area (Å²) in [5, 5.41) is 9.10. The van der Waals surface area contributed by atoms with E-state index in [1.165, 1.54) is 11.3 Å². The second-order valence-electron chi connectivity index (χ2n) is 5.81. The monoisotopic (exact) mass is 364 g/mol. The van der Waals surface area contributed by atoms with Gasteiger partial charge in [0.2, 0.25) is 11.0 Å². The Morgan fingerprint density at radius 3 is 2.79 bits per heavy atom. The number of nitrogens with zero attached hydrogens (tertiary/aromatic N) is 4. The highest BCUT2D eigenvalue weighted by molar-refractivity contribution is 8.00. The molecule has 0 radical (unpaired) electrons. The molecule has 128 valence electrons. The largest absolute Gasteiger partial charge is 0.496 e. The first-order valence-electron chi connectivity index (χ1n) is 7.76. The first-order valence-corrected chi connectivity index (χ1v) is 9.56. The summed E-state index contributed by atoms with van der Waals surface area (Å²) in [6.07, 6.45) is 3.93. The Hall–Kier alpha value is -1.67. The highest BCUT2D eigenvalue weighted by Gasteiger charge is 2.34. The van der Waals surface area contributed by atoms with Crippen LogP contribution in [0.3, 0.4) is 0 Å². The van der Waals surface area contributed by atoms with Gasteiger partial charge in [-0.25, -0.2) is 0 Å². The standard InChI is InChI=1S/C16H20N4O2S2/c1-9-7-17-13(10(2)14(9)22-4)8-23-16-19-18-15(24-16)20(11(3)21)12-5-6-12/h7,12H,5-6,8H2,1-4H3.